The van der Waals surface area contributed by atoms with Crippen molar-refractivity contribution in [3.63, 3.8) is 0 Å². The summed E-state index contributed by atoms with van der Waals surface area (Å²) in [6.07, 6.45) is 0. The summed E-state index contributed by atoms with van der Waals surface area (Å²) >= 11 is 0. The molecule has 0 fully saturated rings. The van der Waals surface area contributed by atoms with Crippen molar-refractivity contribution in [2.24, 2.45) is 0 Å². The van der Waals surface area contributed by atoms with Crippen molar-refractivity contribution >= 4 is 31.0 Å². The second kappa shape index (κ2) is 4.31. The first kappa shape index (κ1) is 14.5. The van der Waals surface area contributed by atoms with Crippen LogP contribution in [-0.4, -0.2) is 36.2 Å². The van der Waals surface area contributed by atoms with Gasteiger partial charge in [-0.05, 0) is 24.3 Å². The predicted molar refractivity (Wildman–Crippen MR) is 66.9 cm³/mol. The van der Waals surface area contributed by atoms with Gasteiger partial charge in [0.15, 0.2) is 0 Å². The molecule has 0 heterocycles. The summed E-state index contributed by atoms with van der Waals surface area (Å²) in [4.78, 5) is -1.58. The fourth-order valence-electron chi connectivity index (χ4n) is 1.75. The SMILES string of the molecule is O=S(=O)(O)c1ccc2c(O)c(S(=O)(=O)O)ccc2c1O. The fourth-order valence-corrected chi connectivity index (χ4v) is 2.94. The molecule has 8 nitrogen and oxygen atoms in total. The van der Waals surface area contributed by atoms with Gasteiger partial charge >= 0.3 is 0 Å². The van der Waals surface area contributed by atoms with Crippen molar-refractivity contribution in [2.45, 2.75) is 9.79 Å². The highest BCUT2D eigenvalue weighted by atomic mass is 32.2. The van der Waals surface area contributed by atoms with Crippen molar-refractivity contribution in [3.05, 3.63) is 24.3 Å². The maximum Gasteiger partial charge on any atom is 0.298 e. The van der Waals surface area contributed by atoms with E-state index in [4.69, 9.17) is 9.11 Å². The van der Waals surface area contributed by atoms with E-state index in [0.29, 0.717) is 0 Å². The summed E-state index contributed by atoms with van der Waals surface area (Å²) in [5.74, 6) is -1.69. The van der Waals surface area contributed by atoms with Crippen molar-refractivity contribution in [2.75, 3.05) is 0 Å². The maximum absolute atomic E-state index is 11.0. The van der Waals surface area contributed by atoms with E-state index in [0.717, 1.165) is 24.3 Å². The summed E-state index contributed by atoms with van der Waals surface area (Å²) in [5.41, 5.74) is 0. The standard InChI is InChI=1S/C10H8O8S2/c11-9-5-1-3-7(19(13,14)15)10(12)6(5)2-4-8(9)20(16,17)18/h1-4,11-12H,(H,13,14,15)(H,16,17,18). The molecular formula is C10H8O8S2. The molecule has 0 amide bonds. The third kappa shape index (κ3) is 2.29. The lowest BCUT2D eigenvalue weighted by atomic mass is 10.1. The van der Waals surface area contributed by atoms with Crippen LogP contribution in [0.25, 0.3) is 10.8 Å². The number of hydrogen-bond donors (Lipinski definition) is 4. The zero-order valence-corrected chi connectivity index (χ0v) is 11.2. The van der Waals surface area contributed by atoms with Gasteiger partial charge in [0.1, 0.15) is 21.3 Å². The molecule has 0 unspecified atom stereocenters. The van der Waals surface area contributed by atoms with Crippen molar-refractivity contribution in [1.29, 1.82) is 0 Å². The topological polar surface area (TPSA) is 149 Å². The Kier molecular flexibility index (Phi) is 3.13. The van der Waals surface area contributed by atoms with E-state index in [1.54, 1.807) is 0 Å². The van der Waals surface area contributed by atoms with Gasteiger partial charge in [0, 0.05) is 10.8 Å². The lowest BCUT2D eigenvalue weighted by Crippen LogP contribution is -2.01. The molecule has 0 aromatic heterocycles. The molecule has 0 saturated heterocycles. The first-order valence-electron chi connectivity index (χ1n) is 4.96. The lowest BCUT2D eigenvalue weighted by molar-refractivity contribution is 0.441. The molecule has 2 rings (SSSR count). The second-order valence-electron chi connectivity index (χ2n) is 3.87. The van der Waals surface area contributed by atoms with Gasteiger partial charge in [-0.15, -0.1) is 0 Å². The average molecular weight is 320 g/mol. The Morgan fingerprint density at radius 2 is 0.950 bits per heavy atom. The summed E-state index contributed by atoms with van der Waals surface area (Å²) in [7, 11) is -9.35. The normalized spacial score (nSPS) is 12.7. The number of benzene rings is 2. The minimum Gasteiger partial charge on any atom is -0.506 e. The van der Waals surface area contributed by atoms with Gasteiger partial charge in [-0.25, -0.2) is 0 Å². The highest BCUT2D eigenvalue weighted by Gasteiger charge is 2.22. The molecule has 108 valence electrons. The monoisotopic (exact) mass is 320 g/mol. The zero-order chi connectivity index (χ0) is 15.3. The Balaban J connectivity index is 2.93. The zero-order valence-electron chi connectivity index (χ0n) is 9.55. The van der Waals surface area contributed by atoms with Gasteiger partial charge in [-0.2, -0.15) is 16.8 Å². The smallest absolute Gasteiger partial charge is 0.298 e. The third-order valence-electron chi connectivity index (χ3n) is 2.63. The molecule has 0 bridgehead atoms. The van der Waals surface area contributed by atoms with E-state index in [-0.39, 0.29) is 10.8 Å². The summed E-state index contributed by atoms with van der Waals surface area (Å²) in [5, 5.41) is 19.1. The van der Waals surface area contributed by atoms with E-state index in [2.05, 4.69) is 0 Å². The van der Waals surface area contributed by atoms with Crippen molar-refractivity contribution in [3.8, 4) is 11.5 Å². The first-order chi connectivity index (χ1) is 9.03. The molecule has 0 aliphatic rings. The number of aromatic hydroxyl groups is 2. The number of fused-ring (bicyclic) bond motifs is 1. The molecule has 0 spiro atoms. The Bertz CT molecular complexity index is 835. The molecule has 4 N–H and O–H groups in total. The van der Waals surface area contributed by atoms with Gasteiger partial charge < -0.3 is 10.2 Å². The minimum absolute atomic E-state index is 0.204. The van der Waals surface area contributed by atoms with Crippen LogP contribution >= 0.6 is 0 Å². The number of phenolic OH excluding ortho intramolecular Hbond substituents is 2. The van der Waals surface area contributed by atoms with Gasteiger partial charge in [0.25, 0.3) is 20.2 Å². The molecule has 2 aromatic carbocycles. The van der Waals surface area contributed by atoms with Crippen LogP contribution in [-0.2, 0) is 20.2 Å². The minimum atomic E-state index is -4.68. The molecule has 2 aromatic rings. The van der Waals surface area contributed by atoms with Gasteiger partial charge in [-0.1, -0.05) is 0 Å². The largest absolute Gasteiger partial charge is 0.506 e. The van der Waals surface area contributed by atoms with E-state index >= 15 is 0 Å². The Morgan fingerprint density at radius 1 is 0.650 bits per heavy atom. The fraction of sp³-hybridized carbons (Fsp3) is 0. The second-order valence-corrected chi connectivity index (χ2v) is 6.65. The molecule has 0 aliphatic heterocycles. The van der Waals surface area contributed by atoms with Crippen molar-refractivity contribution in [1.82, 2.24) is 0 Å². The predicted octanol–water partition coefficient (Wildman–Crippen LogP) is 0.744. The van der Waals surface area contributed by atoms with Crippen LogP contribution in [0.1, 0.15) is 0 Å². The Morgan fingerprint density at radius 3 is 1.20 bits per heavy atom. The van der Waals surface area contributed by atoms with Crippen LogP contribution in [0.5, 0.6) is 11.5 Å². The number of phenols is 2. The van der Waals surface area contributed by atoms with Gasteiger partial charge in [0.05, 0.1) is 0 Å². The Labute approximate surface area is 113 Å². The van der Waals surface area contributed by atoms with Crippen LogP contribution in [0, 0.1) is 0 Å². The highest BCUT2D eigenvalue weighted by molar-refractivity contribution is 7.86. The van der Waals surface area contributed by atoms with E-state index < -0.39 is 41.5 Å². The first-order valence-corrected chi connectivity index (χ1v) is 7.84. The molecular weight excluding hydrogens is 312 g/mol. The van der Waals surface area contributed by atoms with E-state index in [1.807, 2.05) is 0 Å². The number of hydrogen-bond acceptors (Lipinski definition) is 6. The maximum atomic E-state index is 11.0. The van der Waals surface area contributed by atoms with Crippen LogP contribution in [0.15, 0.2) is 34.1 Å². The van der Waals surface area contributed by atoms with E-state index in [9.17, 15) is 27.0 Å². The van der Waals surface area contributed by atoms with Gasteiger partial charge in [0.2, 0.25) is 0 Å². The van der Waals surface area contributed by atoms with Crippen LogP contribution in [0.2, 0.25) is 0 Å². The van der Waals surface area contributed by atoms with Crippen LogP contribution in [0.4, 0.5) is 0 Å². The van der Waals surface area contributed by atoms with Gasteiger partial charge in [-0.3, -0.25) is 9.11 Å². The summed E-state index contributed by atoms with van der Waals surface area (Å²) in [6.45, 7) is 0. The quantitative estimate of drug-likeness (QED) is 0.592. The molecule has 20 heavy (non-hydrogen) atoms. The number of rotatable bonds is 2. The summed E-state index contributed by atoms with van der Waals surface area (Å²) < 4.78 is 61.8. The lowest BCUT2D eigenvalue weighted by Gasteiger charge is -2.09. The molecule has 10 heteroatoms. The molecule has 0 atom stereocenters. The van der Waals surface area contributed by atoms with E-state index in [1.165, 1.54) is 0 Å². The molecule has 0 aliphatic carbocycles. The summed E-state index contributed by atoms with van der Waals surface area (Å²) in [6, 6.07) is 3.56. The molecule has 0 radical (unpaired) electrons. The third-order valence-corrected chi connectivity index (χ3v) is 4.40. The van der Waals surface area contributed by atoms with Crippen LogP contribution in [0.3, 0.4) is 0 Å². The highest BCUT2D eigenvalue weighted by Crippen LogP contribution is 2.38. The molecule has 0 saturated carbocycles. The Hall–Kier alpha value is -1.88. The average Bonchev–Trinajstić information content (AvgIpc) is 2.27. The van der Waals surface area contributed by atoms with Crippen LogP contribution < -0.4 is 0 Å². The van der Waals surface area contributed by atoms with Crippen molar-refractivity contribution < 1.29 is 36.2 Å².